The van der Waals surface area contributed by atoms with E-state index >= 15 is 0 Å². The molecule has 0 amide bonds. The van der Waals surface area contributed by atoms with Gasteiger partial charge in [0.15, 0.2) is 0 Å². The minimum absolute atomic E-state index is 0.0412. The van der Waals surface area contributed by atoms with Gasteiger partial charge < -0.3 is 5.11 Å². The van der Waals surface area contributed by atoms with Crippen molar-refractivity contribution >= 4 is 27.6 Å². The summed E-state index contributed by atoms with van der Waals surface area (Å²) in [4.78, 5) is 11.5. The Bertz CT molecular complexity index is 1120. The summed E-state index contributed by atoms with van der Waals surface area (Å²) < 4.78 is 28.6. The van der Waals surface area contributed by atoms with Crippen LogP contribution in [-0.4, -0.2) is 23.8 Å². The summed E-state index contributed by atoms with van der Waals surface area (Å²) in [5, 5.41) is 9.87. The second kappa shape index (κ2) is 9.43. The molecule has 1 N–H and O–H groups in total. The summed E-state index contributed by atoms with van der Waals surface area (Å²) in [7, 11) is -3.85. The van der Waals surface area contributed by atoms with Crippen LogP contribution >= 0.6 is 11.6 Å². The van der Waals surface area contributed by atoms with Crippen LogP contribution in [0, 0.1) is 0 Å². The van der Waals surface area contributed by atoms with E-state index in [9.17, 15) is 18.3 Å². The number of aromatic carboxylic acids is 1. The maximum absolute atomic E-state index is 13.6. The van der Waals surface area contributed by atoms with Crippen molar-refractivity contribution in [1.29, 1.82) is 0 Å². The van der Waals surface area contributed by atoms with E-state index in [4.69, 9.17) is 11.6 Å². The summed E-state index contributed by atoms with van der Waals surface area (Å²) >= 11 is 6.01. The predicted octanol–water partition coefficient (Wildman–Crippen LogP) is 5.38. The normalized spacial score (nSPS) is 12.6. The molecular weight excluding hydrogens is 422 g/mol. The molecule has 3 aromatic rings. The Labute approximate surface area is 181 Å². The van der Waals surface area contributed by atoms with Gasteiger partial charge in [-0.15, -0.1) is 0 Å². The van der Waals surface area contributed by atoms with Crippen molar-refractivity contribution in [3.8, 4) is 0 Å². The standard InChI is InChI=1S/C23H22ClNO4S/c1-2-22(18-11-13-20(24)14-12-18)25(30(28,29)21-9-4-3-5-10-21)16-17-7-6-8-19(15-17)23(26)27/h3-15,22H,2,16H2,1H3,(H,26,27)/t22-/m0/s1. The molecule has 3 aromatic carbocycles. The van der Waals surface area contributed by atoms with E-state index in [-0.39, 0.29) is 17.0 Å². The van der Waals surface area contributed by atoms with Crippen molar-refractivity contribution in [2.24, 2.45) is 0 Å². The lowest BCUT2D eigenvalue weighted by molar-refractivity contribution is 0.0696. The highest BCUT2D eigenvalue weighted by Crippen LogP contribution is 2.32. The smallest absolute Gasteiger partial charge is 0.335 e. The Morgan fingerprint density at radius 1 is 1.00 bits per heavy atom. The molecule has 0 radical (unpaired) electrons. The van der Waals surface area contributed by atoms with Gasteiger partial charge >= 0.3 is 5.97 Å². The minimum atomic E-state index is -3.85. The number of sulfonamides is 1. The SMILES string of the molecule is CC[C@@H](c1ccc(Cl)cc1)N(Cc1cccc(C(=O)O)c1)S(=O)(=O)c1ccccc1. The van der Waals surface area contributed by atoms with Gasteiger partial charge in [-0.05, 0) is 53.9 Å². The molecule has 0 aromatic heterocycles. The maximum atomic E-state index is 13.6. The third kappa shape index (κ3) is 4.90. The Morgan fingerprint density at radius 2 is 1.67 bits per heavy atom. The van der Waals surface area contributed by atoms with Crippen molar-refractivity contribution in [1.82, 2.24) is 4.31 Å². The average Bonchev–Trinajstić information content (AvgIpc) is 2.75. The molecule has 0 aliphatic carbocycles. The summed E-state index contributed by atoms with van der Waals surface area (Å²) in [6, 6.07) is 21.2. The van der Waals surface area contributed by atoms with Crippen molar-refractivity contribution in [3.05, 3.63) is 101 Å². The molecule has 1 atom stereocenters. The van der Waals surface area contributed by atoms with Gasteiger partial charge in [-0.3, -0.25) is 0 Å². The van der Waals surface area contributed by atoms with Crippen LogP contribution in [0.5, 0.6) is 0 Å². The fourth-order valence-corrected chi connectivity index (χ4v) is 5.19. The first kappa shape index (κ1) is 22.0. The molecule has 0 saturated heterocycles. The first-order valence-electron chi connectivity index (χ1n) is 9.47. The second-order valence-corrected chi connectivity index (χ2v) is 9.17. The van der Waals surface area contributed by atoms with Gasteiger partial charge in [-0.2, -0.15) is 4.31 Å². The van der Waals surface area contributed by atoms with E-state index in [1.54, 1.807) is 54.6 Å². The summed E-state index contributed by atoms with van der Waals surface area (Å²) in [5.74, 6) is -1.06. The fourth-order valence-electron chi connectivity index (χ4n) is 3.36. The van der Waals surface area contributed by atoms with Gasteiger partial charge in [0.25, 0.3) is 0 Å². The molecule has 30 heavy (non-hydrogen) atoms. The van der Waals surface area contributed by atoms with Crippen LogP contribution in [0.2, 0.25) is 5.02 Å². The lowest BCUT2D eigenvalue weighted by atomic mass is 10.0. The molecule has 5 nitrogen and oxygen atoms in total. The zero-order chi connectivity index (χ0) is 21.7. The van der Waals surface area contributed by atoms with E-state index < -0.39 is 22.0 Å². The highest BCUT2D eigenvalue weighted by Gasteiger charge is 2.31. The van der Waals surface area contributed by atoms with E-state index in [1.807, 2.05) is 19.1 Å². The fraction of sp³-hybridized carbons (Fsp3) is 0.174. The van der Waals surface area contributed by atoms with Crippen LogP contribution in [0.1, 0.15) is 40.9 Å². The Kier molecular flexibility index (Phi) is 6.92. The molecule has 0 heterocycles. The molecule has 3 rings (SSSR count). The van der Waals surface area contributed by atoms with Crippen molar-refractivity contribution in [3.63, 3.8) is 0 Å². The van der Waals surface area contributed by atoms with Crippen LogP contribution in [-0.2, 0) is 16.6 Å². The summed E-state index contributed by atoms with van der Waals surface area (Å²) in [6.45, 7) is 1.96. The molecule has 156 valence electrons. The molecule has 0 aliphatic rings. The van der Waals surface area contributed by atoms with Crippen LogP contribution < -0.4 is 0 Å². The number of rotatable bonds is 8. The molecule has 0 unspecified atom stereocenters. The lowest BCUT2D eigenvalue weighted by Gasteiger charge is -2.31. The third-order valence-corrected chi connectivity index (χ3v) is 6.97. The number of carboxylic acid groups (broad SMARTS) is 1. The molecule has 0 fully saturated rings. The van der Waals surface area contributed by atoms with Gasteiger partial charge in [0, 0.05) is 11.6 Å². The topological polar surface area (TPSA) is 74.7 Å². The van der Waals surface area contributed by atoms with Crippen LogP contribution in [0.25, 0.3) is 0 Å². The van der Waals surface area contributed by atoms with Crippen LogP contribution in [0.15, 0.2) is 83.8 Å². The highest BCUT2D eigenvalue weighted by molar-refractivity contribution is 7.89. The minimum Gasteiger partial charge on any atom is -0.478 e. The molecule has 0 saturated carbocycles. The van der Waals surface area contributed by atoms with Crippen LogP contribution in [0.3, 0.4) is 0 Å². The second-order valence-electron chi connectivity index (χ2n) is 6.84. The Hall–Kier alpha value is -2.67. The number of hydrogen-bond donors (Lipinski definition) is 1. The van der Waals surface area contributed by atoms with Gasteiger partial charge in [0.2, 0.25) is 10.0 Å². The van der Waals surface area contributed by atoms with E-state index in [2.05, 4.69) is 0 Å². The van der Waals surface area contributed by atoms with E-state index in [0.717, 1.165) is 5.56 Å². The zero-order valence-electron chi connectivity index (χ0n) is 16.4. The highest BCUT2D eigenvalue weighted by atomic mass is 35.5. The van der Waals surface area contributed by atoms with Gasteiger partial charge in [0.05, 0.1) is 16.5 Å². The number of halogens is 1. The van der Waals surface area contributed by atoms with Gasteiger partial charge in [-0.25, -0.2) is 13.2 Å². The van der Waals surface area contributed by atoms with Gasteiger partial charge in [0.1, 0.15) is 0 Å². The van der Waals surface area contributed by atoms with Crippen molar-refractivity contribution in [2.45, 2.75) is 30.8 Å². The summed E-state index contributed by atoms with van der Waals surface area (Å²) in [6.07, 6.45) is 0.534. The van der Waals surface area contributed by atoms with Crippen molar-refractivity contribution < 1.29 is 18.3 Å². The number of benzene rings is 3. The van der Waals surface area contributed by atoms with Crippen LogP contribution in [0.4, 0.5) is 0 Å². The zero-order valence-corrected chi connectivity index (χ0v) is 18.0. The lowest BCUT2D eigenvalue weighted by Crippen LogP contribution is -2.34. The molecular formula is C23H22ClNO4S. The maximum Gasteiger partial charge on any atom is 0.335 e. The number of hydrogen-bond acceptors (Lipinski definition) is 3. The number of carboxylic acids is 1. The Morgan fingerprint density at radius 3 is 2.27 bits per heavy atom. The first-order valence-corrected chi connectivity index (χ1v) is 11.3. The van der Waals surface area contributed by atoms with E-state index in [0.29, 0.717) is 17.0 Å². The predicted molar refractivity (Wildman–Crippen MR) is 117 cm³/mol. The first-order chi connectivity index (χ1) is 14.3. The Balaban J connectivity index is 2.09. The number of carbonyl (C=O) groups is 1. The summed E-state index contributed by atoms with van der Waals surface area (Å²) in [5.41, 5.74) is 1.53. The quantitative estimate of drug-likeness (QED) is 0.507. The monoisotopic (exact) mass is 443 g/mol. The molecule has 0 bridgehead atoms. The molecule has 7 heteroatoms. The van der Waals surface area contributed by atoms with Crippen molar-refractivity contribution in [2.75, 3.05) is 0 Å². The van der Waals surface area contributed by atoms with Gasteiger partial charge in [-0.1, -0.05) is 61.0 Å². The third-order valence-electron chi connectivity index (χ3n) is 4.85. The molecule has 0 aliphatic heterocycles. The van der Waals surface area contributed by atoms with E-state index in [1.165, 1.54) is 16.4 Å². The largest absolute Gasteiger partial charge is 0.478 e. The number of nitrogens with zero attached hydrogens (tertiary/aromatic N) is 1. The average molecular weight is 444 g/mol. The molecule has 0 spiro atoms.